The van der Waals surface area contributed by atoms with Gasteiger partial charge in [-0.2, -0.15) is 0 Å². The Morgan fingerprint density at radius 1 is 1.47 bits per heavy atom. The first-order chi connectivity index (χ1) is 7.15. The largest absolute Gasteiger partial charge is 0.485 e. The van der Waals surface area contributed by atoms with E-state index in [9.17, 15) is 4.79 Å². The maximum absolute atomic E-state index is 10.7. The Balaban J connectivity index is 2.18. The smallest absolute Gasteiger partial charge is 0.335 e. The number of hydrogen-bond acceptors (Lipinski definition) is 4. The predicted molar refractivity (Wildman–Crippen MR) is 53.0 cm³/mol. The molecule has 0 saturated carbocycles. The van der Waals surface area contributed by atoms with E-state index in [1.54, 1.807) is 6.07 Å². The van der Waals surface area contributed by atoms with Crippen molar-refractivity contribution < 1.29 is 19.4 Å². The van der Waals surface area contributed by atoms with E-state index >= 15 is 0 Å². The Bertz CT molecular complexity index is 387. The number of carbonyl (C=O) groups is 1. The third-order valence-corrected chi connectivity index (χ3v) is 2.09. The second kappa shape index (κ2) is 3.78. The van der Waals surface area contributed by atoms with Crippen LogP contribution in [-0.4, -0.2) is 30.4 Å². The molecule has 0 bridgehead atoms. The number of benzene rings is 1. The summed E-state index contributed by atoms with van der Waals surface area (Å²) in [5.74, 6) is -0.544. The number of carboxylic acid groups (broad SMARTS) is 1. The molecule has 5 nitrogen and oxygen atoms in total. The van der Waals surface area contributed by atoms with Crippen LogP contribution in [0.4, 0.5) is 5.69 Å². The van der Waals surface area contributed by atoms with E-state index in [1.807, 2.05) is 0 Å². The number of hydrogen-bond donors (Lipinski definition) is 2. The lowest BCUT2D eigenvalue weighted by atomic mass is 10.2. The normalized spacial score (nSPS) is 15.7. The minimum atomic E-state index is -1.02. The summed E-state index contributed by atoms with van der Waals surface area (Å²) in [6.45, 7) is 1.08. The van der Waals surface area contributed by atoms with Gasteiger partial charge in [-0.05, 0) is 12.1 Å². The van der Waals surface area contributed by atoms with Crippen LogP contribution in [0.2, 0.25) is 0 Å². The molecule has 1 heterocycles. The molecule has 1 aliphatic rings. The molecule has 0 spiro atoms. The zero-order chi connectivity index (χ0) is 10.8. The molecular weight excluding hydrogens is 198 g/mol. The lowest BCUT2D eigenvalue weighted by molar-refractivity contribution is -0.0796. The van der Waals surface area contributed by atoms with Crippen molar-refractivity contribution >= 4 is 11.7 Å². The van der Waals surface area contributed by atoms with Crippen LogP contribution in [0.5, 0.6) is 5.75 Å². The molecule has 1 aliphatic heterocycles. The molecule has 80 valence electrons. The Hall–Kier alpha value is -1.75. The van der Waals surface area contributed by atoms with E-state index in [1.165, 1.54) is 12.1 Å². The lowest BCUT2D eigenvalue weighted by Crippen LogP contribution is -2.38. The zero-order valence-corrected chi connectivity index (χ0v) is 7.97. The van der Waals surface area contributed by atoms with Gasteiger partial charge in [-0.25, -0.2) is 4.79 Å². The highest BCUT2D eigenvalue weighted by Crippen LogP contribution is 2.21. The summed E-state index contributed by atoms with van der Waals surface area (Å²) >= 11 is 0. The highest BCUT2D eigenvalue weighted by Gasteiger charge is 2.20. The van der Waals surface area contributed by atoms with Crippen LogP contribution in [0.3, 0.4) is 0 Å². The van der Waals surface area contributed by atoms with Crippen LogP contribution in [0, 0.1) is 0 Å². The van der Waals surface area contributed by atoms with Crippen LogP contribution < -0.4 is 10.5 Å². The fourth-order valence-electron chi connectivity index (χ4n) is 1.29. The number of anilines is 1. The van der Waals surface area contributed by atoms with Gasteiger partial charge in [0.05, 0.1) is 18.8 Å². The highest BCUT2D eigenvalue weighted by molar-refractivity contribution is 5.89. The molecule has 2 rings (SSSR count). The number of nitrogens with two attached hydrogens (primary N) is 1. The molecule has 15 heavy (non-hydrogen) atoms. The number of aromatic carboxylic acids is 1. The molecule has 0 aliphatic carbocycles. The zero-order valence-electron chi connectivity index (χ0n) is 7.97. The maximum atomic E-state index is 10.7. The standard InChI is InChI=1S/C10H11NO4/c11-7-1-6(10(12)13)2-8(3-7)15-9-4-14-5-9/h1-3,9H,4-5,11H2,(H,12,13). The summed E-state index contributed by atoms with van der Waals surface area (Å²) in [7, 11) is 0. The van der Waals surface area contributed by atoms with Gasteiger partial charge in [-0.15, -0.1) is 0 Å². The second-order valence-electron chi connectivity index (χ2n) is 3.37. The Morgan fingerprint density at radius 2 is 2.20 bits per heavy atom. The molecule has 1 aromatic carbocycles. The summed E-state index contributed by atoms with van der Waals surface area (Å²) < 4.78 is 10.4. The molecule has 0 aromatic heterocycles. The molecule has 1 saturated heterocycles. The molecule has 0 unspecified atom stereocenters. The van der Waals surface area contributed by atoms with Gasteiger partial charge in [0, 0.05) is 11.8 Å². The van der Waals surface area contributed by atoms with E-state index in [0.717, 1.165) is 0 Å². The number of carboxylic acids is 1. The summed E-state index contributed by atoms with van der Waals surface area (Å²) in [5.41, 5.74) is 6.07. The quantitative estimate of drug-likeness (QED) is 0.717. The van der Waals surface area contributed by atoms with Crippen molar-refractivity contribution in [2.75, 3.05) is 18.9 Å². The van der Waals surface area contributed by atoms with Crippen LogP contribution in [0.15, 0.2) is 18.2 Å². The maximum Gasteiger partial charge on any atom is 0.335 e. The molecule has 0 radical (unpaired) electrons. The molecular formula is C10H11NO4. The summed E-state index contributed by atoms with van der Waals surface area (Å²) in [5, 5.41) is 8.80. The van der Waals surface area contributed by atoms with Crippen molar-refractivity contribution in [2.45, 2.75) is 6.10 Å². The summed E-state index contributed by atoms with van der Waals surface area (Å²) in [6, 6.07) is 4.45. The van der Waals surface area contributed by atoms with Crippen LogP contribution in [0.1, 0.15) is 10.4 Å². The van der Waals surface area contributed by atoms with Crippen LogP contribution in [0.25, 0.3) is 0 Å². The van der Waals surface area contributed by atoms with Gasteiger partial charge in [0.25, 0.3) is 0 Å². The van der Waals surface area contributed by atoms with Gasteiger partial charge >= 0.3 is 5.97 Å². The molecule has 1 aromatic rings. The van der Waals surface area contributed by atoms with Crippen molar-refractivity contribution in [1.82, 2.24) is 0 Å². The monoisotopic (exact) mass is 209 g/mol. The fourth-order valence-corrected chi connectivity index (χ4v) is 1.29. The molecule has 0 atom stereocenters. The van der Waals surface area contributed by atoms with E-state index in [4.69, 9.17) is 20.3 Å². The minimum absolute atomic E-state index is 0.00782. The predicted octanol–water partition coefficient (Wildman–Crippen LogP) is 0.745. The van der Waals surface area contributed by atoms with Gasteiger partial charge in [-0.3, -0.25) is 0 Å². The second-order valence-corrected chi connectivity index (χ2v) is 3.37. The first-order valence-electron chi connectivity index (χ1n) is 4.53. The average Bonchev–Trinajstić information content (AvgIpc) is 2.10. The SMILES string of the molecule is Nc1cc(OC2COC2)cc(C(=O)O)c1. The Morgan fingerprint density at radius 3 is 2.73 bits per heavy atom. The van der Waals surface area contributed by atoms with Gasteiger partial charge in [0.1, 0.15) is 11.9 Å². The van der Waals surface area contributed by atoms with E-state index in [-0.39, 0.29) is 11.7 Å². The van der Waals surface area contributed by atoms with Gasteiger partial charge in [0.15, 0.2) is 0 Å². The minimum Gasteiger partial charge on any atom is -0.485 e. The van der Waals surface area contributed by atoms with Crippen molar-refractivity contribution in [1.29, 1.82) is 0 Å². The fraction of sp³-hybridized carbons (Fsp3) is 0.300. The van der Waals surface area contributed by atoms with Crippen molar-refractivity contribution in [3.63, 3.8) is 0 Å². The van der Waals surface area contributed by atoms with Gasteiger partial charge in [0.2, 0.25) is 0 Å². The first-order valence-corrected chi connectivity index (χ1v) is 4.53. The van der Waals surface area contributed by atoms with Gasteiger partial charge < -0.3 is 20.3 Å². The van der Waals surface area contributed by atoms with Crippen LogP contribution >= 0.6 is 0 Å². The average molecular weight is 209 g/mol. The number of ether oxygens (including phenoxy) is 2. The number of nitrogen functional groups attached to an aromatic ring is 1. The topological polar surface area (TPSA) is 81.8 Å². The molecule has 5 heteroatoms. The van der Waals surface area contributed by atoms with E-state index in [0.29, 0.717) is 24.7 Å². The van der Waals surface area contributed by atoms with E-state index in [2.05, 4.69) is 0 Å². The third-order valence-electron chi connectivity index (χ3n) is 2.09. The number of rotatable bonds is 3. The van der Waals surface area contributed by atoms with Crippen molar-refractivity contribution in [3.8, 4) is 5.75 Å². The summed E-state index contributed by atoms with van der Waals surface area (Å²) in [4.78, 5) is 10.7. The third kappa shape index (κ3) is 2.19. The lowest BCUT2D eigenvalue weighted by Gasteiger charge is -2.26. The molecule has 1 fully saturated rings. The van der Waals surface area contributed by atoms with Gasteiger partial charge in [-0.1, -0.05) is 0 Å². The van der Waals surface area contributed by atoms with Crippen molar-refractivity contribution in [2.24, 2.45) is 0 Å². The Labute approximate surface area is 86.4 Å². The summed E-state index contributed by atoms with van der Waals surface area (Å²) in [6.07, 6.45) is 0.00782. The Kier molecular flexibility index (Phi) is 2.47. The first kappa shape index (κ1) is 9.79. The molecule has 3 N–H and O–H groups in total. The highest BCUT2D eigenvalue weighted by atomic mass is 16.6. The van der Waals surface area contributed by atoms with E-state index < -0.39 is 5.97 Å². The molecule has 0 amide bonds. The van der Waals surface area contributed by atoms with Crippen LogP contribution in [-0.2, 0) is 4.74 Å². The van der Waals surface area contributed by atoms with Crippen molar-refractivity contribution in [3.05, 3.63) is 23.8 Å².